The van der Waals surface area contributed by atoms with Gasteiger partial charge in [0.2, 0.25) is 5.95 Å². The minimum atomic E-state index is 0.255. The summed E-state index contributed by atoms with van der Waals surface area (Å²) in [5.74, 6) is 4.11. The second-order valence-corrected chi connectivity index (χ2v) is 7.09. The molecule has 3 aromatic heterocycles. The fourth-order valence-corrected chi connectivity index (χ4v) is 3.81. The number of aromatic nitrogens is 7. The smallest absolute Gasteiger partial charge is 0.222 e. The maximum Gasteiger partial charge on any atom is 0.222 e. The number of anilines is 1. The number of nitrogens with two attached hydrogens (primary N) is 1. The molecule has 0 bridgehead atoms. The van der Waals surface area contributed by atoms with E-state index in [0.29, 0.717) is 17.6 Å². The molecule has 0 aliphatic heterocycles. The van der Waals surface area contributed by atoms with E-state index in [0.717, 1.165) is 34.8 Å². The molecule has 0 spiro atoms. The van der Waals surface area contributed by atoms with Gasteiger partial charge in [-0.2, -0.15) is 9.67 Å². The van der Waals surface area contributed by atoms with E-state index in [1.54, 1.807) is 4.68 Å². The van der Waals surface area contributed by atoms with Crippen molar-refractivity contribution >= 4 is 17.0 Å². The molecule has 1 aliphatic rings. The molecular weight excluding hydrogens is 340 g/mol. The Labute approximate surface area is 156 Å². The summed E-state index contributed by atoms with van der Waals surface area (Å²) < 4.78 is 3.89. The molecule has 1 aliphatic carbocycles. The lowest BCUT2D eigenvalue weighted by Gasteiger charge is -2.07. The second-order valence-electron chi connectivity index (χ2n) is 7.09. The van der Waals surface area contributed by atoms with Crippen LogP contribution in [0.2, 0.25) is 0 Å². The molecule has 1 unspecified atom stereocenters. The van der Waals surface area contributed by atoms with Gasteiger partial charge in [0.05, 0.1) is 16.7 Å². The molecule has 136 valence electrons. The number of hydrogen-bond acceptors (Lipinski definition) is 6. The molecule has 1 saturated carbocycles. The van der Waals surface area contributed by atoms with Crippen molar-refractivity contribution in [3.05, 3.63) is 53.5 Å². The average molecular weight is 360 g/mol. The third kappa shape index (κ3) is 2.56. The van der Waals surface area contributed by atoms with Gasteiger partial charge in [0.15, 0.2) is 5.82 Å². The minimum Gasteiger partial charge on any atom is -0.368 e. The molecule has 8 nitrogen and oxygen atoms in total. The molecule has 0 amide bonds. The normalized spacial score (nSPS) is 18.9. The van der Waals surface area contributed by atoms with Crippen LogP contribution in [0.15, 0.2) is 30.3 Å². The fraction of sp³-hybridized carbons (Fsp3) is 0.316. The summed E-state index contributed by atoms with van der Waals surface area (Å²) in [6, 6.07) is 10.2. The van der Waals surface area contributed by atoms with E-state index in [4.69, 9.17) is 10.7 Å². The first-order chi connectivity index (χ1) is 13.0. The van der Waals surface area contributed by atoms with Gasteiger partial charge in [0.1, 0.15) is 17.5 Å². The van der Waals surface area contributed by atoms with Crippen LogP contribution in [-0.2, 0) is 7.05 Å². The monoisotopic (exact) mass is 360 g/mol. The summed E-state index contributed by atoms with van der Waals surface area (Å²) in [7, 11) is 2.07. The van der Waals surface area contributed by atoms with Crippen molar-refractivity contribution < 1.29 is 0 Å². The first kappa shape index (κ1) is 15.9. The number of para-hydroxylation sites is 2. The van der Waals surface area contributed by atoms with Gasteiger partial charge in [-0.25, -0.2) is 15.0 Å². The van der Waals surface area contributed by atoms with E-state index in [2.05, 4.69) is 37.7 Å². The predicted molar refractivity (Wildman–Crippen MR) is 102 cm³/mol. The van der Waals surface area contributed by atoms with Crippen LogP contribution in [0.1, 0.15) is 41.4 Å². The Morgan fingerprint density at radius 3 is 2.59 bits per heavy atom. The predicted octanol–water partition coefficient (Wildman–Crippen LogP) is 2.41. The van der Waals surface area contributed by atoms with Crippen LogP contribution in [-0.4, -0.2) is 34.3 Å². The van der Waals surface area contributed by atoms with Crippen LogP contribution in [0.3, 0.4) is 0 Å². The summed E-state index contributed by atoms with van der Waals surface area (Å²) >= 11 is 0. The number of rotatable bonds is 3. The van der Waals surface area contributed by atoms with E-state index in [1.165, 1.54) is 0 Å². The number of nitrogens with zero attached hydrogens (tertiary/aromatic N) is 7. The van der Waals surface area contributed by atoms with E-state index in [1.807, 2.05) is 38.1 Å². The van der Waals surface area contributed by atoms with E-state index in [-0.39, 0.29) is 11.9 Å². The highest BCUT2D eigenvalue weighted by molar-refractivity contribution is 5.76. The zero-order valence-corrected chi connectivity index (χ0v) is 15.5. The molecule has 0 radical (unpaired) electrons. The summed E-state index contributed by atoms with van der Waals surface area (Å²) in [6.45, 7) is 3.76. The van der Waals surface area contributed by atoms with Gasteiger partial charge in [-0.3, -0.25) is 0 Å². The van der Waals surface area contributed by atoms with Gasteiger partial charge in [-0.15, -0.1) is 5.10 Å². The number of hydrogen-bond donors (Lipinski definition) is 1. The van der Waals surface area contributed by atoms with Crippen molar-refractivity contribution in [1.82, 2.24) is 34.3 Å². The van der Waals surface area contributed by atoms with Crippen LogP contribution in [0, 0.1) is 13.8 Å². The summed E-state index contributed by atoms with van der Waals surface area (Å²) in [5, 5.41) is 4.41. The fourth-order valence-electron chi connectivity index (χ4n) is 3.81. The second kappa shape index (κ2) is 5.60. The van der Waals surface area contributed by atoms with Crippen LogP contribution in [0.4, 0.5) is 5.95 Å². The molecule has 1 fully saturated rings. The largest absolute Gasteiger partial charge is 0.368 e. The Morgan fingerprint density at radius 1 is 1.04 bits per heavy atom. The minimum absolute atomic E-state index is 0.255. The Balaban J connectivity index is 1.51. The Bertz CT molecular complexity index is 1170. The quantitative estimate of drug-likeness (QED) is 0.602. The zero-order chi connectivity index (χ0) is 18.7. The molecule has 5 rings (SSSR count). The highest BCUT2D eigenvalue weighted by Gasteiger charge is 2.44. The van der Waals surface area contributed by atoms with Crippen molar-refractivity contribution in [2.45, 2.75) is 32.1 Å². The average Bonchev–Trinajstić information content (AvgIpc) is 3.27. The van der Waals surface area contributed by atoms with Gasteiger partial charge in [-0.05, 0) is 32.4 Å². The van der Waals surface area contributed by atoms with Crippen molar-refractivity contribution in [1.29, 1.82) is 0 Å². The van der Waals surface area contributed by atoms with Crippen LogP contribution < -0.4 is 5.73 Å². The number of fused-ring (bicyclic) bond motifs is 1. The molecule has 2 atom stereocenters. The van der Waals surface area contributed by atoms with Crippen molar-refractivity contribution in [3.63, 3.8) is 0 Å². The van der Waals surface area contributed by atoms with E-state index in [9.17, 15) is 0 Å². The standard InChI is InChI=1S/C19H20N8/c1-10-21-11(2)27(25-10)17-9-15(23-19(20)24-17)12-8-13(12)18-22-14-6-4-5-7-16(14)26(18)3/h4-7,9,12-13H,8H2,1-3H3,(H2,20,23,24)/t12?,13-/m0/s1. The van der Waals surface area contributed by atoms with Gasteiger partial charge in [-0.1, -0.05) is 12.1 Å². The summed E-state index contributed by atoms with van der Waals surface area (Å²) in [4.78, 5) is 18.0. The molecule has 0 saturated heterocycles. The van der Waals surface area contributed by atoms with Crippen molar-refractivity contribution in [2.24, 2.45) is 7.05 Å². The number of imidazole rings is 1. The third-order valence-corrected chi connectivity index (χ3v) is 5.17. The Morgan fingerprint density at radius 2 is 1.85 bits per heavy atom. The lowest BCUT2D eigenvalue weighted by atomic mass is 10.2. The Hall–Kier alpha value is -3.29. The lowest BCUT2D eigenvalue weighted by molar-refractivity contribution is 0.780. The summed E-state index contributed by atoms with van der Waals surface area (Å²) in [5.41, 5.74) is 9.10. The van der Waals surface area contributed by atoms with Gasteiger partial charge >= 0.3 is 0 Å². The van der Waals surface area contributed by atoms with Gasteiger partial charge in [0.25, 0.3) is 0 Å². The maximum atomic E-state index is 5.99. The van der Waals surface area contributed by atoms with Crippen molar-refractivity contribution in [2.75, 3.05) is 5.73 Å². The topological polar surface area (TPSA) is 100 Å². The van der Waals surface area contributed by atoms with Gasteiger partial charge in [0, 0.05) is 24.9 Å². The zero-order valence-electron chi connectivity index (χ0n) is 15.5. The molecule has 1 aromatic carbocycles. The van der Waals surface area contributed by atoms with Crippen LogP contribution >= 0.6 is 0 Å². The first-order valence-corrected chi connectivity index (χ1v) is 8.97. The van der Waals surface area contributed by atoms with Crippen LogP contribution in [0.5, 0.6) is 0 Å². The molecular formula is C19H20N8. The van der Waals surface area contributed by atoms with Crippen LogP contribution in [0.25, 0.3) is 16.9 Å². The first-order valence-electron chi connectivity index (χ1n) is 8.97. The maximum absolute atomic E-state index is 5.99. The molecule has 27 heavy (non-hydrogen) atoms. The highest BCUT2D eigenvalue weighted by atomic mass is 15.4. The van der Waals surface area contributed by atoms with Crippen molar-refractivity contribution in [3.8, 4) is 5.82 Å². The van der Waals surface area contributed by atoms with Gasteiger partial charge < -0.3 is 10.3 Å². The SMILES string of the molecule is Cc1nc(C)n(-c2cc(C3C[C@@H]3c3nc4ccccc4n3C)nc(N)n2)n1. The third-order valence-electron chi connectivity index (χ3n) is 5.17. The Kier molecular flexibility index (Phi) is 3.30. The number of aryl methyl sites for hydroxylation is 3. The molecule has 8 heteroatoms. The number of benzene rings is 1. The molecule has 2 N–H and O–H groups in total. The summed E-state index contributed by atoms with van der Waals surface area (Å²) in [6.07, 6.45) is 1.00. The highest BCUT2D eigenvalue weighted by Crippen LogP contribution is 2.54. The van der Waals surface area contributed by atoms with E-state index >= 15 is 0 Å². The van der Waals surface area contributed by atoms with E-state index < -0.39 is 0 Å². The molecule has 4 aromatic rings. The number of nitrogen functional groups attached to an aromatic ring is 1. The lowest BCUT2D eigenvalue weighted by Crippen LogP contribution is -2.08. The molecule has 3 heterocycles.